The van der Waals surface area contributed by atoms with Crippen molar-refractivity contribution in [2.75, 3.05) is 5.32 Å². The third kappa shape index (κ3) is 4.46. The lowest BCUT2D eigenvalue weighted by atomic mass is 10.1. The molecule has 140 valence electrons. The van der Waals surface area contributed by atoms with Gasteiger partial charge in [-0.2, -0.15) is 5.10 Å². The summed E-state index contributed by atoms with van der Waals surface area (Å²) < 4.78 is 1.98. The Morgan fingerprint density at radius 3 is 2.89 bits per heavy atom. The van der Waals surface area contributed by atoms with Crippen molar-refractivity contribution in [1.29, 1.82) is 0 Å². The number of nitrogens with zero attached hydrogens (tertiary/aromatic N) is 2. The van der Waals surface area contributed by atoms with Crippen molar-refractivity contribution in [2.24, 2.45) is 11.1 Å². The van der Waals surface area contributed by atoms with Crippen LogP contribution >= 0.6 is 23.5 Å². The van der Waals surface area contributed by atoms with Gasteiger partial charge in [-0.05, 0) is 48.0 Å². The van der Waals surface area contributed by atoms with Crippen LogP contribution in [-0.2, 0) is 17.8 Å². The first-order valence-corrected chi connectivity index (χ1v) is 10.3. The molecule has 0 spiro atoms. The van der Waals surface area contributed by atoms with Crippen molar-refractivity contribution < 1.29 is 4.79 Å². The molecule has 1 amide bonds. The maximum absolute atomic E-state index is 12.4. The molecule has 0 radical (unpaired) electrons. The summed E-state index contributed by atoms with van der Waals surface area (Å²) in [6.07, 6.45) is 6.11. The van der Waals surface area contributed by atoms with Crippen LogP contribution in [0, 0.1) is 5.92 Å². The monoisotopic (exact) mass is 400 g/mol. The van der Waals surface area contributed by atoms with E-state index in [0.29, 0.717) is 10.7 Å². The molecule has 0 saturated heterocycles. The number of hydrogen-bond donors (Lipinski definition) is 2. The molecule has 1 heterocycles. The molecule has 1 saturated carbocycles. The fraction of sp³-hybridized carbons (Fsp3) is 0.300. The van der Waals surface area contributed by atoms with Gasteiger partial charge in [0.05, 0.1) is 11.9 Å². The Labute approximate surface area is 167 Å². The summed E-state index contributed by atoms with van der Waals surface area (Å²) in [5.41, 5.74) is 2.34. The van der Waals surface area contributed by atoms with E-state index in [0.717, 1.165) is 33.8 Å². The molecule has 1 aromatic heterocycles. The van der Waals surface area contributed by atoms with Crippen LogP contribution in [0.5, 0.6) is 0 Å². The van der Waals surface area contributed by atoms with Crippen molar-refractivity contribution in [3.63, 3.8) is 0 Å². The minimum atomic E-state index is -0.122. The zero-order chi connectivity index (χ0) is 18.8. The molecule has 0 bridgehead atoms. The highest BCUT2D eigenvalue weighted by atomic mass is 35.5. The van der Waals surface area contributed by atoms with Crippen molar-refractivity contribution in [1.82, 2.24) is 9.78 Å². The van der Waals surface area contributed by atoms with Crippen LogP contribution in [0.3, 0.4) is 0 Å². The number of benzene rings is 2. The maximum atomic E-state index is 12.4. The van der Waals surface area contributed by atoms with Gasteiger partial charge in [0.1, 0.15) is 0 Å². The second-order valence-electron chi connectivity index (χ2n) is 6.97. The standard InChI is InChI=1S/C20H21ClN4OS/c21-17-4-2-1-3-14(17)9-20(26)23-15-10-18-16(19(11-15)27-22)12-25(24-18)8-7-13-5-6-13/h1-4,10-13H,5-9,22H2,(H,23,26). The molecule has 0 atom stereocenters. The van der Waals surface area contributed by atoms with Gasteiger partial charge >= 0.3 is 0 Å². The summed E-state index contributed by atoms with van der Waals surface area (Å²) in [4.78, 5) is 13.3. The molecule has 27 heavy (non-hydrogen) atoms. The summed E-state index contributed by atoms with van der Waals surface area (Å²) in [6.45, 7) is 0.919. The van der Waals surface area contributed by atoms with E-state index in [2.05, 4.69) is 10.4 Å². The molecule has 4 rings (SSSR count). The van der Waals surface area contributed by atoms with E-state index in [1.165, 1.54) is 31.2 Å². The van der Waals surface area contributed by atoms with Gasteiger partial charge in [0.25, 0.3) is 0 Å². The number of aromatic nitrogens is 2. The first-order chi connectivity index (χ1) is 13.1. The maximum Gasteiger partial charge on any atom is 0.228 e. The lowest BCUT2D eigenvalue weighted by Gasteiger charge is -2.08. The fourth-order valence-corrected chi connectivity index (χ4v) is 3.85. The quantitative estimate of drug-likeness (QED) is 0.567. The minimum Gasteiger partial charge on any atom is -0.326 e. The van der Waals surface area contributed by atoms with E-state index >= 15 is 0 Å². The molecule has 2 aromatic carbocycles. The van der Waals surface area contributed by atoms with Gasteiger partial charge in [0.15, 0.2) is 0 Å². The number of carbonyl (C=O) groups is 1. The molecule has 0 unspecified atom stereocenters. The van der Waals surface area contributed by atoms with Crippen LogP contribution in [-0.4, -0.2) is 15.7 Å². The van der Waals surface area contributed by atoms with Gasteiger partial charge < -0.3 is 5.32 Å². The van der Waals surface area contributed by atoms with Crippen molar-refractivity contribution in [2.45, 2.75) is 37.1 Å². The number of nitrogens with one attached hydrogen (secondary N) is 1. The average molecular weight is 401 g/mol. The van der Waals surface area contributed by atoms with Gasteiger partial charge in [-0.1, -0.05) is 42.6 Å². The van der Waals surface area contributed by atoms with Gasteiger partial charge in [-0.25, -0.2) is 0 Å². The third-order valence-corrected chi connectivity index (χ3v) is 5.78. The molecule has 0 aliphatic heterocycles. The van der Waals surface area contributed by atoms with Gasteiger partial charge in [0, 0.05) is 33.7 Å². The summed E-state index contributed by atoms with van der Waals surface area (Å²) >= 11 is 7.31. The molecule has 7 heteroatoms. The van der Waals surface area contributed by atoms with E-state index in [-0.39, 0.29) is 12.3 Å². The molecule has 1 aliphatic carbocycles. The van der Waals surface area contributed by atoms with Crippen LogP contribution in [0.25, 0.3) is 10.9 Å². The highest BCUT2D eigenvalue weighted by Crippen LogP contribution is 2.33. The molecular formula is C20H21ClN4OS. The number of carbonyl (C=O) groups excluding carboxylic acids is 1. The van der Waals surface area contributed by atoms with E-state index < -0.39 is 0 Å². The second kappa shape index (κ2) is 7.92. The Morgan fingerprint density at radius 1 is 1.33 bits per heavy atom. The highest BCUT2D eigenvalue weighted by Gasteiger charge is 2.21. The van der Waals surface area contributed by atoms with Crippen LogP contribution < -0.4 is 10.5 Å². The zero-order valence-electron chi connectivity index (χ0n) is 14.8. The average Bonchev–Trinajstić information content (AvgIpc) is 3.39. The number of halogens is 1. The van der Waals surface area contributed by atoms with Crippen molar-refractivity contribution in [3.8, 4) is 0 Å². The van der Waals surface area contributed by atoms with Crippen LogP contribution in [0.15, 0.2) is 47.5 Å². The summed E-state index contributed by atoms with van der Waals surface area (Å²) in [5.74, 6) is 0.740. The normalized spacial score (nSPS) is 13.9. The Balaban J connectivity index is 1.52. The van der Waals surface area contributed by atoms with Gasteiger partial charge in [-0.15, -0.1) is 0 Å². The zero-order valence-corrected chi connectivity index (χ0v) is 16.4. The largest absolute Gasteiger partial charge is 0.326 e. The number of fused-ring (bicyclic) bond motifs is 1. The number of hydrogen-bond acceptors (Lipinski definition) is 4. The summed E-state index contributed by atoms with van der Waals surface area (Å²) in [7, 11) is 0. The predicted octanol–water partition coefficient (Wildman–Crippen LogP) is 4.64. The second-order valence-corrected chi connectivity index (χ2v) is 8.05. The number of nitrogens with two attached hydrogens (primary N) is 1. The topological polar surface area (TPSA) is 72.9 Å². The fourth-order valence-electron chi connectivity index (χ4n) is 3.17. The molecule has 3 aromatic rings. The van der Waals surface area contributed by atoms with Gasteiger partial charge in [-0.3, -0.25) is 14.6 Å². The number of aryl methyl sites for hydroxylation is 1. The number of amides is 1. The predicted molar refractivity (Wildman–Crippen MR) is 111 cm³/mol. The van der Waals surface area contributed by atoms with Gasteiger partial charge in [0.2, 0.25) is 5.91 Å². The lowest BCUT2D eigenvalue weighted by molar-refractivity contribution is -0.115. The van der Waals surface area contributed by atoms with Crippen molar-refractivity contribution >= 4 is 46.0 Å². The van der Waals surface area contributed by atoms with Crippen LogP contribution in [0.2, 0.25) is 5.02 Å². The van der Waals surface area contributed by atoms with E-state index in [1.807, 2.05) is 41.2 Å². The van der Waals surface area contributed by atoms with Crippen LogP contribution in [0.4, 0.5) is 5.69 Å². The summed E-state index contributed by atoms with van der Waals surface area (Å²) in [6, 6.07) is 11.2. The van der Waals surface area contributed by atoms with E-state index in [9.17, 15) is 4.79 Å². The molecule has 1 aliphatic rings. The Bertz CT molecular complexity index is 983. The summed E-state index contributed by atoms with van der Waals surface area (Å²) in [5, 5.41) is 15.1. The molecule has 5 nitrogen and oxygen atoms in total. The minimum absolute atomic E-state index is 0.122. The molecule has 1 fully saturated rings. The van der Waals surface area contributed by atoms with Crippen LogP contribution in [0.1, 0.15) is 24.8 Å². The number of rotatable bonds is 7. The lowest BCUT2D eigenvalue weighted by Crippen LogP contribution is -2.14. The Kier molecular flexibility index (Phi) is 5.38. The highest BCUT2D eigenvalue weighted by molar-refractivity contribution is 7.97. The number of anilines is 1. The first kappa shape index (κ1) is 18.3. The SMILES string of the molecule is NSc1cc(NC(=O)Cc2ccccc2Cl)cc2nn(CCC3CC3)cc12. The van der Waals surface area contributed by atoms with E-state index in [1.54, 1.807) is 6.07 Å². The van der Waals surface area contributed by atoms with Crippen molar-refractivity contribution in [3.05, 3.63) is 53.2 Å². The third-order valence-electron chi connectivity index (χ3n) is 4.82. The smallest absolute Gasteiger partial charge is 0.228 e. The first-order valence-electron chi connectivity index (χ1n) is 9.03. The molecular weight excluding hydrogens is 380 g/mol. The Hall–Kier alpha value is -2.02. The van der Waals surface area contributed by atoms with E-state index in [4.69, 9.17) is 16.7 Å². The Morgan fingerprint density at radius 2 is 2.15 bits per heavy atom. The molecule has 3 N–H and O–H groups in total.